The second-order valence-electron chi connectivity index (χ2n) is 4.77. The molecule has 1 aliphatic rings. The van der Waals surface area contributed by atoms with Crippen LogP contribution in [0.25, 0.3) is 10.9 Å². The third kappa shape index (κ3) is 1.45. The van der Waals surface area contributed by atoms with E-state index in [4.69, 9.17) is 0 Å². The number of Topliss-reactive ketones (excluding diaryl/α,β-unsaturated/α-hetero) is 1. The Morgan fingerprint density at radius 2 is 2.25 bits per heavy atom. The summed E-state index contributed by atoms with van der Waals surface area (Å²) in [6, 6.07) is 6.46. The number of H-pyrrole nitrogens is 1. The topological polar surface area (TPSA) is 32.9 Å². The van der Waals surface area contributed by atoms with Crippen molar-refractivity contribution in [3.63, 3.8) is 0 Å². The summed E-state index contributed by atoms with van der Waals surface area (Å²) < 4.78 is 0. The standard InChI is InChI=1S/C14H15NO/c1-9-2-5-12-13(8-15-14(12)6-9)10-3-4-11(16)7-10/h2,5-6,8,10,15H,3-4,7H2,1H3. The molecule has 1 atom stereocenters. The van der Waals surface area contributed by atoms with Crippen LogP contribution in [-0.4, -0.2) is 10.8 Å². The number of aromatic amines is 1. The van der Waals surface area contributed by atoms with Crippen molar-refractivity contribution < 1.29 is 4.79 Å². The van der Waals surface area contributed by atoms with Crippen LogP contribution in [0.1, 0.15) is 36.3 Å². The van der Waals surface area contributed by atoms with E-state index in [0.29, 0.717) is 11.7 Å². The SMILES string of the molecule is Cc1ccc2c(C3CCC(=O)C3)c[nH]c2c1. The second-order valence-corrected chi connectivity index (χ2v) is 4.77. The molecule has 0 spiro atoms. The van der Waals surface area contributed by atoms with Crippen molar-refractivity contribution in [1.82, 2.24) is 4.98 Å². The molecule has 1 saturated carbocycles. The van der Waals surface area contributed by atoms with E-state index in [9.17, 15) is 4.79 Å². The predicted octanol–water partition coefficient (Wildman–Crippen LogP) is 3.31. The number of aryl methyl sites for hydroxylation is 1. The Labute approximate surface area is 94.7 Å². The molecule has 16 heavy (non-hydrogen) atoms. The Morgan fingerprint density at radius 3 is 3.00 bits per heavy atom. The lowest BCUT2D eigenvalue weighted by Crippen LogP contribution is -1.92. The van der Waals surface area contributed by atoms with Crippen molar-refractivity contribution in [2.24, 2.45) is 0 Å². The Morgan fingerprint density at radius 1 is 1.38 bits per heavy atom. The van der Waals surface area contributed by atoms with Gasteiger partial charge in [-0.3, -0.25) is 4.79 Å². The Balaban J connectivity index is 2.07. The van der Waals surface area contributed by atoms with Gasteiger partial charge in [0.15, 0.2) is 0 Å². The number of ketones is 1. The molecule has 2 heteroatoms. The van der Waals surface area contributed by atoms with Gasteiger partial charge in [-0.05, 0) is 36.5 Å². The molecule has 1 aliphatic carbocycles. The third-order valence-corrected chi connectivity index (χ3v) is 3.55. The van der Waals surface area contributed by atoms with Crippen molar-refractivity contribution in [3.8, 4) is 0 Å². The number of carbonyl (C=O) groups excluding carboxylic acids is 1. The molecular weight excluding hydrogens is 198 g/mol. The molecule has 0 radical (unpaired) electrons. The maximum Gasteiger partial charge on any atom is 0.133 e. The fourth-order valence-corrected chi connectivity index (χ4v) is 2.68. The van der Waals surface area contributed by atoms with Gasteiger partial charge in [-0.2, -0.15) is 0 Å². The van der Waals surface area contributed by atoms with Crippen molar-refractivity contribution >= 4 is 16.7 Å². The molecule has 1 unspecified atom stereocenters. The van der Waals surface area contributed by atoms with Crippen molar-refractivity contribution in [2.45, 2.75) is 32.1 Å². The lowest BCUT2D eigenvalue weighted by Gasteiger charge is -2.06. The number of carbonyl (C=O) groups is 1. The van der Waals surface area contributed by atoms with Crippen LogP contribution in [-0.2, 0) is 4.79 Å². The first-order valence-electron chi connectivity index (χ1n) is 5.83. The molecule has 0 bridgehead atoms. The number of rotatable bonds is 1. The van der Waals surface area contributed by atoms with Gasteiger partial charge >= 0.3 is 0 Å². The maximum absolute atomic E-state index is 11.3. The maximum atomic E-state index is 11.3. The fraction of sp³-hybridized carbons (Fsp3) is 0.357. The molecule has 2 nitrogen and oxygen atoms in total. The van der Waals surface area contributed by atoms with Gasteiger partial charge in [0.2, 0.25) is 0 Å². The first-order valence-corrected chi connectivity index (χ1v) is 5.83. The summed E-state index contributed by atoms with van der Waals surface area (Å²) in [6.07, 6.45) is 4.57. The van der Waals surface area contributed by atoms with E-state index in [1.165, 1.54) is 22.0 Å². The minimum Gasteiger partial charge on any atom is -0.361 e. The molecule has 0 saturated heterocycles. The van der Waals surface area contributed by atoms with Crippen molar-refractivity contribution in [1.29, 1.82) is 0 Å². The van der Waals surface area contributed by atoms with Crippen LogP contribution in [0.5, 0.6) is 0 Å². The molecule has 1 aromatic heterocycles. The van der Waals surface area contributed by atoms with E-state index >= 15 is 0 Å². The Kier molecular flexibility index (Phi) is 2.10. The second kappa shape index (κ2) is 3.48. The molecule has 3 rings (SSSR count). The number of aromatic nitrogens is 1. The molecule has 0 amide bonds. The summed E-state index contributed by atoms with van der Waals surface area (Å²) in [4.78, 5) is 14.6. The first-order chi connectivity index (χ1) is 7.74. The number of benzene rings is 1. The number of nitrogens with one attached hydrogen (secondary N) is 1. The van der Waals surface area contributed by atoms with Crippen LogP contribution in [0.2, 0.25) is 0 Å². The van der Waals surface area contributed by atoms with Crippen molar-refractivity contribution in [3.05, 3.63) is 35.5 Å². The molecule has 0 aliphatic heterocycles. The van der Waals surface area contributed by atoms with Gasteiger partial charge < -0.3 is 4.98 Å². The number of hydrogen-bond donors (Lipinski definition) is 1. The summed E-state index contributed by atoms with van der Waals surface area (Å²) >= 11 is 0. The summed E-state index contributed by atoms with van der Waals surface area (Å²) in [5.41, 5.74) is 3.78. The Bertz CT molecular complexity index is 553. The highest BCUT2D eigenvalue weighted by atomic mass is 16.1. The first kappa shape index (κ1) is 9.64. The van der Waals surface area contributed by atoms with Gasteiger partial charge in [0.1, 0.15) is 5.78 Å². The van der Waals surface area contributed by atoms with Crippen LogP contribution >= 0.6 is 0 Å². The van der Waals surface area contributed by atoms with Gasteiger partial charge in [0.05, 0.1) is 0 Å². The smallest absolute Gasteiger partial charge is 0.133 e. The van der Waals surface area contributed by atoms with Crippen LogP contribution < -0.4 is 0 Å². The van der Waals surface area contributed by atoms with Crippen molar-refractivity contribution in [2.75, 3.05) is 0 Å². The molecule has 1 fully saturated rings. The molecular formula is C14H15NO. The monoisotopic (exact) mass is 213 g/mol. The fourth-order valence-electron chi connectivity index (χ4n) is 2.68. The highest BCUT2D eigenvalue weighted by Gasteiger charge is 2.25. The summed E-state index contributed by atoms with van der Waals surface area (Å²) in [5.74, 6) is 0.843. The third-order valence-electron chi connectivity index (χ3n) is 3.55. The largest absolute Gasteiger partial charge is 0.361 e. The van der Waals surface area contributed by atoms with E-state index in [-0.39, 0.29) is 0 Å². The van der Waals surface area contributed by atoms with Crippen LogP contribution in [0.3, 0.4) is 0 Å². The average molecular weight is 213 g/mol. The molecule has 82 valence electrons. The normalized spacial score (nSPS) is 20.8. The Hall–Kier alpha value is -1.57. The zero-order valence-electron chi connectivity index (χ0n) is 9.42. The molecule has 1 aromatic carbocycles. The number of hydrogen-bond acceptors (Lipinski definition) is 1. The van der Waals surface area contributed by atoms with E-state index in [1.54, 1.807) is 0 Å². The molecule has 1 heterocycles. The number of fused-ring (bicyclic) bond motifs is 1. The van der Waals surface area contributed by atoms with Crippen LogP contribution in [0.15, 0.2) is 24.4 Å². The summed E-state index contributed by atoms with van der Waals surface area (Å²) in [5, 5.41) is 1.28. The molecule has 1 N–H and O–H groups in total. The van der Waals surface area contributed by atoms with E-state index in [1.807, 2.05) is 0 Å². The zero-order valence-corrected chi connectivity index (χ0v) is 9.42. The summed E-state index contributed by atoms with van der Waals surface area (Å²) in [7, 11) is 0. The van der Waals surface area contributed by atoms with Crippen LogP contribution in [0, 0.1) is 6.92 Å². The minimum absolute atomic E-state index is 0.409. The summed E-state index contributed by atoms with van der Waals surface area (Å²) in [6.45, 7) is 2.10. The highest BCUT2D eigenvalue weighted by Crippen LogP contribution is 2.36. The quantitative estimate of drug-likeness (QED) is 0.774. The van der Waals surface area contributed by atoms with Crippen LogP contribution in [0.4, 0.5) is 0 Å². The van der Waals surface area contributed by atoms with E-state index < -0.39 is 0 Å². The van der Waals surface area contributed by atoms with Gasteiger partial charge in [-0.25, -0.2) is 0 Å². The lowest BCUT2D eigenvalue weighted by molar-refractivity contribution is -0.117. The van der Waals surface area contributed by atoms with Gasteiger partial charge in [0.25, 0.3) is 0 Å². The lowest BCUT2D eigenvalue weighted by atomic mass is 9.97. The average Bonchev–Trinajstić information content (AvgIpc) is 2.83. The molecule has 2 aromatic rings. The zero-order chi connectivity index (χ0) is 11.1. The van der Waals surface area contributed by atoms with E-state index in [2.05, 4.69) is 36.3 Å². The minimum atomic E-state index is 0.409. The van der Waals surface area contributed by atoms with Gasteiger partial charge in [-0.1, -0.05) is 12.1 Å². The van der Waals surface area contributed by atoms with Gasteiger partial charge in [0, 0.05) is 29.9 Å². The van der Waals surface area contributed by atoms with Gasteiger partial charge in [-0.15, -0.1) is 0 Å². The highest BCUT2D eigenvalue weighted by molar-refractivity contribution is 5.87. The van der Waals surface area contributed by atoms with E-state index in [0.717, 1.165) is 19.3 Å². The predicted molar refractivity (Wildman–Crippen MR) is 64.6 cm³/mol.